The van der Waals surface area contributed by atoms with Crippen LogP contribution in [0.25, 0.3) is 0 Å². The van der Waals surface area contributed by atoms with E-state index in [9.17, 15) is 4.79 Å². The van der Waals surface area contributed by atoms with Gasteiger partial charge in [-0.1, -0.05) is 0 Å². The smallest absolute Gasteiger partial charge is 0.166 e. The zero-order valence-corrected chi connectivity index (χ0v) is 8.53. The Bertz CT molecular complexity index is 303. The lowest BCUT2D eigenvalue weighted by atomic mass is 9.97. The SMILES string of the molecule is CC(C)(N)CCC(=O)c1cncnc1. The van der Waals surface area contributed by atoms with E-state index in [1.807, 2.05) is 13.8 Å². The van der Waals surface area contributed by atoms with Gasteiger partial charge in [0, 0.05) is 24.4 Å². The Morgan fingerprint density at radius 1 is 1.43 bits per heavy atom. The van der Waals surface area contributed by atoms with Crippen molar-refractivity contribution in [1.29, 1.82) is 0 Å². The van der Waals surface area contributed by atoms with Crippen LogP contribution in [0.5, 0.6) is 0 Å². The molecule has 1 aromatic rings. The molecule has 0 saturated carbocycles. The molecule has 2 N–H and O–H groups in total. The van der Waals surface area contributed by atoms with Crippen LogP contribution in [0.2, 0.25) is 0 Å². The van der Waals surface area contributed by atoms with Gasteiger partial charge in [-0.05, 0) is 20.3 Å². The molecule has 1 rings (SSSR count). The van der Waals surface area contributed by atoms with Crippen molar-refractivity contribution in [2.24, 2.45) is 5.73 Å². The Morgan fingerprint density at radius 2 is 2.00 bits per heavy atom. The summed E-state index contributed by atoms with van der Waals surface area (Å²) >= 11 is 0. The fraction of sp³-hybridized carbons (Fsp3) is 0.500. The van der Waals surface area contributed by atoms with Crippen molar-refractivity contribution in [3.8, 4) is 0 Å². The average Bonchev–Trinajstić information content (AvgIpc) is 2.14. The van der Waals surface area contributed by atoms with Gasteiger partial charge in [0.15, 0.2) is 5.78 Å². The predicted molar refractivity (Wildman–Crippen MR) is 53.9 cm³/mol. The van der Waals surface area contributed by atoms with Gasteiger partial charge in [0.05, 0.1) is 5.56 Å². The highest BCUT2D eigenvalue weighted by Crippen LogP contribution is 2.10. The molecule has 0 fully saturated rings. The summed E-state index contributed by atoms with van der Waals surface area (Å²) in [5.41, 5.74) is 6.03. The van der Waals surface area contributed by atoms with Crippen LogP contribution in [0.15, 0.2) is 18.7 Å². The molecule has 0 atom stereocenters. The summed E-state index contributed by atoms with van der Waals surface area (Å²) in [6.45, 7) is 3.81. The highest BCUT2D eigenvalue weighted by molar-refractivity contribution is 5.95. The number of nitrogens with two attached hydrogens (primary N) is 1. The van der Waals surface area contributed by atoms with Gasteiger partial charge in [0.1, 0.15) is 6.33 Å². The molecule has 1 aromatic heterocycles. The minimum Gasteiger partial charge on any atom is -0.326 e. The maximum Gasteiger partial charge on any atom is 0.166 e. The third kappa shape index (κ3) is 3.62. The van der Waals surface area contributed by atoms with Crippen molar-refractivity contribution < 1.29 is 4.79 Å². The molecule has 0 radical (unpaired) electrons. The van der Waals surface area contributed by atoms with E-state index in [1.165, 1.54) is 18.7 Å². The van der Waals surface area contributed by atoms with E-state index < -0.39 is 0 Å². The normalized spacial score (nSPS) is 11.4. The first-order valence-corrected chi connectivity index (χ1v) is 4.56. The second-order valence-electron chi connectivity index (χ2n) is 4.04. The molecule has 0 aliphatic rings. The van der Waals surface area contributed by atoms with E-state index >= 15 is 0 Å². The van der Waals surface area contributed by atoms with Crippen LogP contribution in [0.1, 0.15) is 37.0 Å². The van der Waals surface area contributed by atoms with E-state index in [-0.39, 0.29) is 11.3 Å². The topological polar surface area (TPSA) is 68.9 Å². The number of hydrogen-bond acceptors (Lipinski definition) is 4. The lowest BCUT2D eigenvalue weighted by Crippen LogP contribution is -2.32. The van der Waals surface area contributed by atoms with Gasteiger partial charge in [0.2, 0.25) is 0 Å². The monoisotopic (exact) mass is 193 g/mol. The second-order valence-corrected chi connectivity index (χ2v) is 4.04. The molecule has 4 nitrogen and oxygen atoms in total. The van der Waals surface area contributed by atoms with Gasteiger partial charge in [-0.2, -0.15) is 0 Å². The number of aromatic nitrogens is 2. The highest BCUT2D eigenvalue weighted by atomic mass is 16.1. The lowest BCUT2D eigenvalue weighted by Gasteiger charge is -2.17. The molecule has 4 heteroatoms. The zero-order valence-electron chi connectivity index (χ0n) is 8.53. The van der Waals surface area contributed by atoms with Crippen molar-refractivity contribution in [2.75, 3.05) is 0 Å². The molecule has 0 saturated heterocycles. The number of hydrogen-bond donors (Lipinski definition) is 1. The fourth-order valence-corrected chi connectivity index (χ4v) is 1.02. The fourth-order valence-electron chi connectivity index (χ4n) is 1.02. The molecule has 76 valence electrons. The number of carbonyl (C=O) groups excluding carboxylic acids is 1. The van der Waals surface area contributed by atoms with Gasteiger partial charge in [0.25, 0.3) is 0 Å². The maximum atomic E-state index is 11.6. The first-order chi connectivity index (χ1) is 6.49. The van der Waals surface area contributed by atoms with Crippen molar-refractivity contribution in [3.63, 3.8) is 0 Å². The Hall–Kier alpha value is -1.29. The van der Waals surface area contributed by atoms with Gasteiger partial charge in [-0.25, -0.2) is 9.97 Å². The second kappa shape index (κ2) is 4.28. The molecule has 0 unspecified atom stereocenters. The van der Waals surface area contributed by atoms with Gasteiger partial charge < -0.3 is 5.73 Å². The highest BCUT2D eigenvalue weighted by Gasteiger charge is 2.14. The number of carbonyl (C=O) groups is 1. The summed E-state index contributed by atoms with van der Waals surface area (Å²) in [5, 5.41) is 0. The van der Waals surface area contributed by atoms with E-state index in [4.69, 9.17) is 5.73 Å². The van der Waals surface area contributed by atoms with Gasteiger partial charge in [-0.3, -0.25) is 4.79 Å². The number of Topliss-reactive ketones (excluding diaryl/α,β-unsaturated/α-hetero) is 1. The largest absolute Gasteiger partial charge is 0.326 e. The van der Waals surface area contributed by atoms with Gasteiger partial charge >= 0.3 is 0 Å². The van der Waals surface area contributed by atoms with E-state index in [1.54, 1.807) is 0 Å². The molecule has 0 aliphatic heterocycles. The molecule has 0 spiro atoms. The number of rotatable bonds is 4. The molecule has 1 heterocycles. The van der Waals surface area contributed by atoms with Crippen LogP contribution >= 0.6 is 0 Å². The van der Waals surface area contributed by atoms with E-state index in [0.29, 0.717) is 18.4 Å². The van der Waals surface area contributed by atoms with E-state index in [2.05, 4.69) is 9.97 Å². The summed E-state index contributed by atoms with van der Waals surface area (Å²) in [6, 6.07) is 0. The molecular weight excluding hydrogens is 178 g/mol. The maximum absolute atomic E-state index is 11.6. The van der Waals surface area contributed by atoms with Gasteiger partial charge in [-0.15, -0.1) is 0 Å². The molecule has 0 bridgehead atoms. The minimum atomic E-state index is -0.300. The molecule has 14 heavy (non-hydrogen) atoms. The summed E-state index contributed by atoms with van der Waals surface area (Å²) in [4.78, 5) is 19.1. The first kappa shape index (κ1) is 10.8. The molecule has 0 aromatic carbocycles. The van der Waals surface area contributed by atoms with Crippen molar-refractivity contribution in [2.45, 2.75) is 32.2 Å². The predicted octanol–water partition coefficient (Wildman–Crippen LogP) is 1.18. The van der Waals surface area contributed by atoms with Crippen molar-refractivity contribution in [3.05, 3.63) is 24.3 Å². The summed E-state index contributed by atoms with van der Waals surface area (Å²) in [5.74, 6) is 0.0455. The zero-order chi connectivity index (χ0) is 10.6. The summed E-state index contributed by atoms with van der Waals surface area (Å²) in [6.07, 6.45) is 5.57. The number of ketones is 1. The van der Waals surface area contributed by atoms with Crippen molar-refractivity contribution in [1.82, 2.24) is 9.97 Å². The summed E-state index contributed by atoms with van der Waals surface area (Å²) < 4.78 is 0. The van der Waals surface area contributed by atoms with E-state index in [0.717, 1.165) is 0 Å². The molecule has 0 amide bonds. The van der Waals surface area contributed by atoms with Crippen LogP contribution in [-0.2, 0) is 0 Å². The number of nitrogens with zero attached hydrogens (tertiary/aromatic N) is 2. The Morgan fingerprint density at radius 3 is 2.50 bits per heavy atom. The summed E-state index contributed by atoms with van der Waals surface area (Å²) in [7, 11) is 0. The van der Waals surface area contributed by atoms with Crippen molar-refractivity contribution >= 4 is 5.78 Å². The minimum absolute atomic E-state index is 0.0455. The van der Waals surface area contributed by atoms with Crippen LogP contribution in [-0.4, -0.2) is 21.3 Å². The molecule has 0 aliphatic carbocycles. The van der Waals surface area contributed by atoms with Crippen LogP contribution in [0.4, 0.5) is 0 Å². The first-order valence-electron chi connectivity index (χ1n) is 4.56. The quantitative estimate of drug-likeness (QED) is 0.729. The van der Waals surface area contributed by atoms with Crippen LogP contribution in [0, 0.1) is 0 Å². The van der Waals surface area contributed by atoms with Crippen LogP contribution in [0.3, 0.4) is 0 Å². The third-order valence-electron chi connectivity index (χ3n) is 1.88. The third-order valence-corrected chi connectivity index (χ3v) is 1.88. The Kier molecular flexibility index (Phi) is 3.30. The Balaban J connectivity index is 2.52. The standard InChI is InChI=1S/C10H15N3O/c1-10(2,11)4-3-9(14)8-5-12-7-13-6-8/h5-7H,3-4,11H2,1-2H3. The average molecular weight is 193 g/mol. The lowest BCUT2D eigenvalue weighted by molar-refractivity contribution is 0.0972. The Labute approximate surface area is 83.6 Å². The van der Waals surface area contributed by atoms with Crippen LogP contribution < -0.4 is 5.73 Å². The molecular formula is C10H15N3O.